The van der Waals surface area contributed by atoms with Crippen molar-refractivity contribution >= 4 is 88.7 Å². The molecule has 10 amide bonds. The summed E-state index contributed by atoms with van der Waals surface area (Å²) in [5, 5.41) is 70.7. The number of rotatable bonds is 37. The minimum Gasteiger partial charge on any atom is -0.508 e. The van der Waals surface area contributed by atoms with Gasteiger partial charge in [-0.2, -0.15) is 11.8 Å². The first kappa shape index (κ1) is 72.6. The van der Waals surface area contributed by atoms with Crippen molar-refractivity contribution in [2.75, 3.05) is 12.0 Å². The number of amides is 10. The third-order valence-electron chi connectivity index (χ3n) is 13.7. The Labute approximate surface area is 495 Å². The fourth-order valence-electron chi connectivity index (χ4n) is 8.16. The number of quaternary nitrogens is 1. The fraction of sp³-hybridized carbons (Fsp3) is 0.545. The molecule has 0 saturated heterocycles. The number of nitrogens with one attached hydrogen (secondary N) is 9. The van der Waals surface area contributed by atoms with Crippen molar-refractivity contribution in [2.45, 2.75) is 160 Å². The summed E-state index contributed by atoms with van der Waals surface area (Å²) in [5.41, 5.74) is 9.98. The maximum atomic E-state index is 14.4. The summed E-state index contributed by atoms with van der Waals surface area (Å²) in [5.74, 6) is -16.8. The van der Waals surface area contributed by atoms with E-state index in [2.05, 4.69) is 53.6 Å². The van der Waals surface area contributed by atoms with E-state index in [9.17, 15) is 87.9 Å². The van der Waals surface area contributed by atoms with Crippen LogP contribution in [0.25, 0.3) is 0 Å². The first-order valence-corrected chi connectivity index (χ1v) is 28.8. The molecule has 12 atom stereocenters. The summed E-state index contributed by atoms with van der Waals surface area (Å²) in [6.45, 7) is 10.5. The van der Waals surface area contributed by atoms with Crippen molar-refractivity contribution in [2.24, 2.45) is 23.5 Å². The third kappa shape index (κ3) is 25.1. The Kier molecular flexibility index (Phi) is 30.4. The molecule has 470 valence electrons. The number of benzene rings is 2. The molecule has 0 heterocycles. The molecular weight excluding hydrogens is 1130 g/mol. The highest BCUT2D eigenvalue weighted by molar-refractivity contribution is 7.98. The number of aliphatic carboxylic acids is 3. The maximum absolute atomic E-state index is 14.4. The standard InChI is InChI=1S/C55H81N11O18S/c1-9-27(5)44(65-49(77)36(22-31-13-17-33(68)18-14-31)59-46(74)29(7)58-48(76)35(21-30-11-15-32(67)16-12-30)60-47(75)34(56)19-20-85-8)53(81)62-37(24-41(70)71)50(78)64-43(26(3)4)52(80)61-38(25-42(72)73)51(79)66-45(28(6)10-2)54(82)63-39(55(83)84)23-40(57)69/h11-18,26-29,34-39,43-45,67-68H,9-10,19-25,56H2,1-8H3,(H2,57,69)(H,58,76)(H,59,74)(H,60,75)(H,61,80)(H,62,81)(H,63,82)(H,64,78)(H,65,77)(H,66,79)(H,70,71)(H,72,73)(H,83,84)/p+1/t27-,28-,29-,34-,35-,36-,37-,38-,39-,43-,44-,45-/m0/s1. The van der Waals surface area contributed by atoms with Crippen LogP contribution in [0.4, 0.5) is 0 Å². The molecule has 29 nitrogen and oxygen atoms in total. The Hall–Kier alpha value is -8.54. The molecular formula is C55H82N11O18S+. The number of phenolic OH excluding ortho intramolecular Hbond substituents is 2. The van der Waals surface area contributed by atoms with E-state index in [-0.39, 0.29) is 37.2 Å². The van der Waals surface area contributed by atoms with Crippen LogP contribution in [0, 0.1) is 17.8 Å². The largest absolute Gasteiger partial charge is 0.508 e. The van der Waals surface area contributed by atoms with Gasteiger partial charge in [0.25, 0.3) is 5.91 Å². The first-order chi connectivity index (χ1) is 39.8. The Morgan fingerprint density at radius 1 is 0.471 bits per heavy atom. The summed E-state index contributed by atoms with van der Waals surface area (Å²) in [4.78, 5) is 172. The Balaban J connectivity index is 2.45. The van der Waals surface area contributed by atoms with E-state index in [0.29, 0.717) is 23.3 Å². The van der Waals surface area contributed by atoms with E-state index in [1.165, 1.54) is 75.9 Å². The van der Waals surface area contributed by atoms with Gasteiger partial charge in [-0.3, -0.25) is 57.5 Å². The van der Waals surface area contributed by atoms with Crippen LogP contribution in [0.2, 0.25) is 0 Å². The van der Waals surface area contributed by atoms with Gasteiger partial charge in [-0.25, -0.2) is 4.79 Å². The molecule has 0 aromatic heterocycles. The van der Waals surface area contributed by atoms with Crippen LogP contribution in [0.1, 0.15) is 98.1 Å². The summed E-state index contributed by atoms with van der Waals surface area (Å²) < 4.78 is 0. The van der Waals surface area contributed by atoms with E-state index >= 15 is 0 Å². The van der Waals surface area contributed by atoms with Crippen LogP contribution in [-0.4, -0.2) is 175 Å². The van der Waals surface area contributed by atoms with E-state index < -0.39 is 174 Å². The van der Waals surface area contributed by atoms with Gasteiger partial charge in [-0.05, 0) is 72.1 Å². The number of phenols is 2. The van der Waals surface area contributed by atoms with E-state index in [1.54, 1.807) is 32.9 Å². The lowest BCUT2D eigenvalue weighted by Gasteiger charge is -2.30. The molecule has 0 radical (unpaired) electrons. The second-order valence-electron chi connectivity index (χ2n) is 20.9. The molecule has 0 spiro atoms. The summed E-state index contributed by atoms with van der Waals surface area (Å²) in [7, 11) is 0. The SMILES string of the molecule is CC[C@H](C)[C@H](NC(=O)[C@H](CC(=O)O)NC(=O)[C@@H](NC(=O)[C@H](CC(=O)O)NC(=O)[C@@H](NC(=O)[C@H](Cc1ccc(O)cc1)NC(=O)[C@H](C)NC(=O)[C@H](Cc1ccc(O)cc1)NC(=O)[C@@H]([NH3+])CCSC)[C@@H](C)CC)C(C)C)C(=O)N[C@@H](CC(N)=O)C(=O)O. The highest BCUT2D eigenvalue weighted by Gasteiger charge is 2.39. The van der Waals surface area contributed by atoms with Crippen molar-refractivity contribution in [1.82, 2.24) is 47.9 Å². The molecule has 0 fully saturated rings. The van der Waals surface area contributed by atoms with Gasteiger partial charge in [0.1, 0.15) is 65.9 Å². The van der Waals surface area contributed by atoms with E-state index in [4.69, 9.17) is 5.73 Å². The zero-order chi connectivity index (χ0) is 64.4. The average molecular weight is 1220 g/mol. The molecule has 19 N–H and O–H groups in total. The predicted octanol–water partition coefficient (Wildman–Crippen LogP) is -2.71. The summed E-state index contributed by atoms with van der Waals surface area (Å²) in [6.07, 6.45) is -0.630. The minimum absolute atomic E-state index is 0.0392. The van der Waals surface area contributed by atoms with Crippen molar-refractivity contribution in [3.63, 3.8) is 0 Å². The van der Waals surface area contributed by atoms with Gasteiger partial charge in [0, 0.05) is 19.3 Å². The quantitative estimate of drug-likeness (QED) is 0.0327. The molecule has 0 bridgehead atoms. The lowest BCUT2D eigenvalue weighted by atomic mass is 9.96. The fourth-order valence-corrected chi connectivity index (χ4v) is 8.69. The molecule has 0 unspecified atom stereocenters. The first-order valence-electron chi connectivity index (χ1n) is 27.4. The maximum Gasteiger partial charge on any atom is 0.326 e. The van der Waals surface area contributed by atoms with Gasteiger partial charge in [0.05, 0.1) is 19.3 Å². The number of thioether (sulfide) groups is 1. The number of carboxylic acids is 3. The van der Waals surface area contributed by atoms with Crippen molar-refractivity contribution in [3.05, 3.63) is 59.7 Å². The van der Waals surface area contributed by atoms with E-state index in [1.807, 2.05) is 6.26 Å². The number of carbonyl (C=O) groups is 13. The smallest absolute Gasteiger partial charge is 0.326 e. The van der Waals surface area contributed by atoms with Crippen molar-refractivity contribution < 1.29 is 93.6 Å². The Bertz CT molecular complexity index is 2680. The normalized spacial score (nSPS) is 15.3. The van der Waals surface area contributed by atoms with Gasteiger partial charge >= 0.3 is 17.9 Å². The van der Waals surface area contributed by atoms with Gasteiger partial charge in [-0.15, -0.1) is 0 Å². The molecule has 0 aliphatic carbocycles. The van der Waals surface area contributed by atoms with Gasteiger partial charge in [0.15, 0.2) is 6.04 Å². The second kappa shape index (κ2) is 35.6. The van der Waals surface area contributed by atoms with Crippen molar-refractivity contribution in [3.8, 4) is 11.5 Å². The zero-order valence-electron chi connectivity index (χ0n) is 48.7. The topological polar surface area (TPSA) is 485 Å². The van der Waals surface area contributed by atoms with Crippen LogP contribution in [0.15, 0.2) is 48.5 Å². The molecule has 0 aliphatic rings. The summed E-state index contributed by atoms with van der Waals surface area (Å²) >= 11 is 1.50. The Morgan fingerprint density at radius 3 is 1.19 bits per heavy atom. The predicted molar refractivity (Wildman–Crippen MR) is 306 cm³/mol. The summed E-state index contributed by atoms with van der Waals surface area (Å²) in [6, 6.07) is -3.85. The third-order valence-corrected chi connectivity index (χ3v) is 14.3. The lowest BCUT2D eigenvalue weighted by molar-refractivity contribution is -0.404. The number of hydrogen-bond donors (Lipinski definition) is 16. The van der Waals surface area contributed by atoms with Crippen LogP contribution < -0.4 is 59.3 Å². The Morgan fingerprint density at radius 2 is 0.824 bits per heavy atom. The van der Waals surface area contributed by atoms with Gasteiger partial charge in [0.2, 0.25) is 53.2 Å². The minimum atomic E-state index is -1.96. The molecule has 2 aromatic carbocycles. The number of primary amides is 1. The molecule has 2 aromatic rings. The average Bonchev–Trinajstić information content (AvgIpc) is 3.60. The van der Waals surface area contributed by atoms with Gasteiger partial charge in [-0.1, -0.05) is 78.6 Å². The number of carbonyl (C=O) groups excluding carboxylic acids is 10. The molecule has 0 aliphatic heterocycles. The number of carboxylic acid groups (broad SMARTS) is 3. The molecule has 2 rings (SSSR count). The van der Waals surface area contributed by atoms with Crippen molar-refractivity contribution in [1.29, 1.82) is 0 Å². The molecule has 85 heavy (non-hydrogen) atoms. The van der Waals surface area contributed by atoms with Crippen LogP contribution in [0.5, 0.6) is 11.5 Å². The van der Waals surface area contributed by atoms with Crippen LogP contribution >= 0.6 is 11.8 Å². The zero-order valence-corrected chi connectivity index (χ0v) is 49.5. The second-order valence-corrected chi connectivity index (χ2v) is 21.9. The van der Waals surface area contributed by atoms with Crippen LogP contribution in [-0.2, 0) is 75.2 Å². The number of hydrogen-bond acceptors (Lipinski definition) is 16. The monoisotopic (exact) mass is 1220 g/mol. The highest BCUT2D eigenvalue weighted by atomic mass is 32.2. The van der Waals surface area contributed by atoms with Gasteiger partial charge < -0.3 is 84.9 Å². The highest BCUT2D eigenvalue weighted by Crippen LogP contribution is 2.17. The number of nitrogens with two attached hydrogens (primary N) is 1. The molecule has 0 saturated carbocycles. The lowest BCUT2D eigenvalue weighted by Crippen LogP contribution is -2.69. The molecule has 30 heteroatoms. The van der Waals surface area contributed by atoms with Crippen LogP contribution in [0.3, 0.4) is 0 Å². The van der Waals surface area contributed by atoms with E-state index in [0.717, 1.165) is 0 Å². The number of aromatic hydroxyl groups is 2.